The smallest absolute Gasteiger partial charge is 0.307 e. The minimum absolute atomic E-state index is 0.0644. The van der Waals surface area contributed by atoms with Gasteiger partial charge in [-0.3, -0.25) is 4.79 Å². The second-order valence-electron chi connectivity index (χ2n) is 7.66. The highest BCUT2D eigenvalue weighted by molar-refractivity contribution is 7.99. The molecule has 3 aromatic carbocycles. The molecule has 0 aliphatic carbocycles. The number of hydrogen-bond donors (Lipinski definition) is 1. The van der Waals surface area contributed by atoms with E-state index in [1.807, 2.05) is 67.6 Å². The molecule has 0 unspecified atom stereocenters. The molecule has 0 amide bonds. The Balaban J connectivity index is 1.50. The summed E-state index contributed by atoms with van der Waals surface area (Å²) in [6.07, 6.45) is 2.97. The van der Waals surface area contributed by atoms with Crippen LogP contribution in [0.25, 0.3) is 0 Å². The maximum Gasteiger partial charge on any atom is 0.307 e. The van der Waals surface area contributed by atoms with Crippen LogP contribution in [0, 0.1) is 6.92 Å². The van der Waals surface area contributed by atoms with E-state index in [0.29, 0.717) is 6.61 Å². The predicted octanol–water partition coefficient (Wildman–Crippen LogP) is 6.93. The first-order valence-corrected chi connectivity index (χ1v) is 12.0. The van der Waals surface area contributed by atoms with Gasteiger partial charge in [0.25, 0.3) is 0 Å². The van der Waals surface area contributed by atoms with Crippen LogP contribution < -0.4 is 9.47 Å². The number of carbonyl (C=O) groups is 1. The first kappa shape index (κ1) is 23.7. The summed E-state index contributed by atoms with van der Waals surface area (Å²) in [5.74, 6) is 2.71. The highest BCUT2D eigenvalue weighted by Crippen LogP contribution is 2.29. The van der Waals surface area contributed by atoms with Gasteiger partial charge in [0.15, 0.2) is 0 Å². The van der Waals surface area contributed by atoms with E-state index in [0.717, 1.165) is 53.4 Å². The summed E-state index contributed by atoms with van der Waals surface area (Å²) in [5.41, 5.74) is 3.12. The number of rotatable bonds is 12. The monoisotopic (exact) mass is 450 g/mol. The Hall–Kier alpha value is -2.92. The van der Waals surface area contributed by atoms with Gasteiger partial charge in [0, 0.05) is 10.6 Å². The van der Waals surface area contributed by atoms with Crippen molar-refractivity contribution >= 4 is 17.7 Å². The van der Waals surface area contributed by atoms with Crippen molar-refractivity contribution < 1.29 is 19.4 Å². The molecule has 1 N–H and O–H groups in total. The first-order chi connectivity index (χ1) is 15.5. The second-order valence-corrected chi connectivity index (χ2v) is 8.79. The molecule has 0 fully saturated rings. The Morgan fingerprint density at radius 1 is 1.00 bits per heavy atom. The third-order valence-corrected chi connectivity index (χ3v) is 6.19. The number of hydrogen-bond acceptors (Lipinski definition) is 4. The number of para-hydroxylation sites is 1. The van der Waals surface area contributed by atoms with Crippen LogP contribution in [0.1, 0.15) is 36.5 Å². The van der Waals surface area contributed by atoms with Crippen molar-refractivity contribution in [3.05, 3.63) is 83.4 Å². The van der Waals surface area contributed by atoms with Crippen LogP contribution in [0.5, 0.6) is 17.2 Å². The van der Waals surface area contributed by atoms with Crippen LogP contribution in [-0.4, -0.2) is 23.4 Å². The molecule has 5 heteroatoms. The van der Waals surface area contributed by atoms with Crippen molar-refractivity contribution in [1.82, 2.24) is 0 Å². The van der Waals surface area contributed by atoms with Crippen molar-refractivity contribution in [3.63, 3.8) is 0 Å². The van der Waals surface area contributed by atoms with Crippen LogP contribution in [0.3, 0.4) is 0 Å². The van der Waals surface area contributed by atoms with Crippen molar-refractivity contribution in [3.8, 4) is 17.2 Å². The van der Waals surface area contributed by atoms with Gasteiger partial charge >= 0.3 is 5.97 Å². The summed E-state index contributed by atoms with van der Waals surface area (Å²) in [6, 6.07) is 21.7. The zero-order chi connectivity index (χ0) is 22.8. The molecule has 0 atom stereocenters. The normalized spacial score (nSPS) is 10.7. The van der Waals surface area contributed by atoms with Gasteiger partial charge in [-0.05, 0) is 72.9 Å². The second kappa shape index (κ2) is 12.2. The molecular formula is C27H30O4S. The lowest BCUT2D eigenvalue weighted by molar-refractivity contribution is -0.136. The van der Waals surface area contributed by atoms with Crippen molar-refractivity contribution in [2.24, 2.45) is 0 Å². The molecule has 0 saturated heterocycles. The fourth-order valence-electron chi connectivity index (χ4n) is 3.43. The van der Waals surface area contributed by atoms with E-state index >= 15 is 0 Å². The number of carboxylic acids is 1. The molecule has 3 rings (SSSR count). The lowest BCUT2D eigenvalue weighted by Gasteiger charge is -2.14. The highest BCUT2D eigenvalue weighted by atomic mass is 32.2. The molecule has 168 valence electrons. The van der Waals surface area contributed by atoms with Gasteiger partial charge in [-0.1, -0.05) is 43.7 Å². The molecule has 0 aromatic heterocycles. The van der Waals surface area contributed by atoms with Gasteiger partial charge in [0.1, 0.15) is 17.2 Å². The summed E-state index contributed by atoms with van der Waals surface area (Å²) in [4.78, 5) is 12.1. The first-order valence-electron chi connectivity index (χ1n) is 11.0. The third-order valence-electron chi connectivity index (χ3n) is 4.93. The van der Waals surface area contributed by atoms with Gasteiger partial charge in [-0.15, -0.1) is 11.8 Å². The van der Waals surface area contributed by atoms with E-state index in [9.17, 15) is 4.79 Å². The SMILES string of the molecule is CCCc1cc(Oc2ccccc2)ccc1OCCCSc1ccc(CC(=O)O)cc1C. The van der Waals surface area contributed by atoms with E-state index in [4.69, 9.17) is 14.6 Å². The number of ether oxygens (including phenoxy) is 2. The zero-order valence-electron chi connectivity index (χ0n) is 18.7. The molecule has 0 saturated carbocycles. The Morgan fingerprint density at radius 3 is 2.53 bits per heavy atom. The van der Waals surface area contributed by atoms with Crippen molar-refractivity contribution in [1.29, 1.82) is 0 Å². The molecule has 0 radical (unpaired) electrons. The predicted molar refractivity (Wildman–Crippen MR) is 130 cm³/mol. The van der Waals surface area contributed by atoms with Gasteiger partial charge in [0.05, 0.1) is 13.0 Å². The molecule has 0 spiro atoms. The largest absolute Gasteiger partial charge is 0.493 e. The van der Waals surface area contributed by atoms with Crippen LogP contribution in [0.15, 0.2) is 71.6 Å². The van der Waals surface area contributed by atoms with Gasteiger partial charge < -0.3 is 14.6 Å². The number of benzene rings is 3. The van der Waals surface area contributed by atoms with E-state index < -0.39 is 5.97 Å². The number of carboxylic acid groups (broad SMARTS) is 1. The van der Waals surface area contributed by atoms with Crippen LogP contribution >= 0.6 is 11.8 Å². The molecule has 4 nitrogen and oxygen atoms in total. The Morgan fingerprint density at radius 2 is 1.81 bits per heavy atom. The van der Waals surface area contributed by atoms with E-state index in [1.54, 1.807) is 11.8 Å². The lowest BCUT2D eigenvalue weighted by Crippen LogP contribution is -2.02. The fourth-order valence-corrected chi connectivity index (χ4v) is 4.36. The quantitative estimate of drug-likeness (QED) is 0.239. The van der Waals surface area contributed by atoms with E-state index in [2.05, 4.69) is 13.0 Å². The fraction of sp³-hybridized carbons (Fsp3) is 0.296. The average molecular weight is 451 g/mol. The molecule has 3 aromatic rings. The van der Waals surface area contributed by atoms with Gasteiger partial charge in [-0.25, -0.2) is 0 Å². The summed E-state index contributed by atoms with van der Waals surface area (Å²) in [5, 5.41) is 8.93. The molecule has 0 bridgehead atoms. The summed E-state index contributed by atoms with van der Waals surface area (Å²) in [7, 11) is 0. The minimum atomic E-state index is -0.802. The molecule has 0 heterocycles. The maximum absolute atomic E-state index is 10.9. The number of aliphatic carboxylic acids is 1. The molecular weight excluding hydrogens is 420 g/mol. The Kier molecular flexibility index (Phi) is 9.05. The topological polar surface area (TPSA) is 55.8 Å². The molecule has 0 aliphatic heterocycles. The standard InChI is InChI=1S/C27H30O4S/c1-3-8-22-19-24(31-23-9-5-4-6-10-23)12-13-25(22)30-15-7-16-32-26-14-11-21(17-20(26)2)18-27(28)29/h4-6,9-14,17,19H,3,7-8,15-16,18H2,1-2H3,(H,28,29). The Bertz CT molecular complexity index is 1020. The molecule has 0 aliphatic rings. The van der Waals surface area contributed by atoms with E-state index in [1.165, 1.54) is 10.5 Å². The zero-order valence-corrected chi connectivity index (χ0v) is 19.5. The summed E-state index contributed by atoms with van der Waals surface area (Å²) >= 11 is 1.78. The third kappa shape index (κ3) is 7.34. The maximum atomic E-state index is 10.9. The van der Waals surface area contributed by atoms with Gasteiger partial charge in [-0.2, -0.15) is 0 Å². The molecule has 32 heavy (non-hydrogen) atoms. The van der Waals surface area contributed by atoms with Crippen LogP contribution in [-0.2, 0) is 17.6 Å². The van der Waals surface area contributed by atoms with E-state index in [-0.39, 0.29) is 6.42 Å². The highest BCUT2D eigenvalue weighted by Gasteiger charge is 2.08. The van der Waals surface area contributed by atoms with Crippen LogP contribution in [0.2, 0.25) is 0 Å². The van der Waals surface area contributed by atoms with Crippen molar-refractivity contribution in [2.75, 3.05) is 12.4 Å². The van der Waals surface area contributed by atoms with Crippen molar-refractivity contribution in [2.45, 2.75) is 44.4 Å². The van der Waals surface area contributed by atoms with Crippen LogP contribution in [0.4, 0.5) is 0 Å². The Labute approximate surface area is 194 Å². The lowest BCUT2D eigenvalue weighted by atomic mass is 10.1. The minimum Gasteiger partial charge on any atom is -0.493 e. The van der Waals surface area contributed by atoms with Gasteiger partial charge in [0.2, 0.25) is 0 Å². The number of aryl methyl sites for hydroxylation is 2. The average Bonchev–Trinajstić information content (AvgIpc) is 2.77. The summed E-state index contributed by atoms with van der Waals surface area (Å²) in [6.45, 7) is 4.84. The summed E-state index contributed by atoms with van der Waals surface area (Å²) < 4.78 is 12.1. The number of thioether (sulfide) groups is 1.